The Morgan fingerprint density at radius 2 is 1.83 bits per heavy atom. The van der Waals surface area contributed by atoms with Crippen LogP contribution in [0.2, 0.25) is 0 Å². The summed E-state index contributed by atoms with van der Waals surface area (Å²) < 4.78 is 0.848. The predicted octanol–water partition coefficient (Wildman–Crippen LogP) is 3.40. The third kappa shape index (κ3) is 4.75. The van der Waals surface area contributed by atoms with Gasteiger partial charge in [0.1, 0.15) is 0 Å². The maximum Gasteiger partial charge on any atom is 0.258 e. The van der Waals surface area contributed by atoms with Crippen LogP contribution in [0, 0.1) is 3.57 Å². The average molecular weight is 453 g/mol. The summed E-state index contributed by atoms with van der Waals surface area (Å²) in [6.07, 6.45) is 0. The van der Waals surface area contributed by atoms with Crippen molar-refractivity contribution in [2.24, 2.45) is 0 Å². The molecule has 0 spiro atoms. The third-order valence-electron chi connectivity index (χ3n) is 3.31. The zero-order valence-corrected chi connectivity index (χ0v) is 16.1. The molecule has 0 unspecified atom stereocenters. The SMILES string of the molecule is CC(=O)N(C)c1cccc(NC(=S)NC(=O)c2ccccc2I)c1. The zero-order chi connectivity index (χ0) is 17.7. The maximum atomic E-state index is 12.2. The molecule has 0 aliphatic carbocycles. The molecule has 2 aromatic rings. The number of benzene rings is 2. The highest BCUT2D eigenvalue weighted by atomic mass is 127. The Hall–Kier alpha value is -2.00. The normalized spacial score (nSPS) is 9.96. The number of nitrogens with zero attached hydrogens (tertiary/aromatic N) is 1. The van der Waals surface area contributed by atoms with Gasteiger partial charge in [-0.2, -0.15) is 0 Å². The smallest absolute Gasteiger partial charge is 0.258 e. The summed E-state index contributed by atoms with van der Waals surface area (Å²) >= 11 is 7.29. The van der Waals surface area contributed by atoms with Gasteiger partial charge in [-0.25, -0.2) is 0 Å². The fourth-order valence-electron chi connectivity index (χ4n) is 1.95. The average Bonchev–Trinajstić information content (AvgIpc) is 2.54. The summed E-state index contributed by atoms with van der Waals surface area (Å²) in [6.45, 7) is 1.49. The molecule has 124 valence electrons. The van der Waals surface area contributed by atoms with E-state index in [-0.39, 0.29) is 16.9 Å². The van der Waals surface area contributed by atoms with E-state index in [4.69, 9.17) is 12.2 Å². The van der Waals surface area contributed by atoms with Gasteiger partial charge in [0.2, 0.25) is 5.91 Å². The Kier molecular flexibility index (Phi) is 6.27. The standard InChI is InChI=1S/C17H16IN3O2S/c1-11(22)21(2)13-7-5-6-12(10-13)19-17(24)20-16(23)14-8-3-4-9-15(14)18/h3-10H,1-2H3,(H2,19,20,23,24). The number of carbonyl (C=O) groups excluding carboxylic acids is 2. The molecule has 2 amide bonds. The highest BCUT2D eigenvalue weighted by Gasteiger charge is 2.11. The fraction of sp³-hybridized carbons (Fsp3) is 0.118. The lowest BCUT2D eigenvalue weighted by molar-refractivity contribution is -0.116. The second-order valence-electron chi connectivity index (χ2n) is 5.02. The van der Waals surface area contributed by atoms with E-state index in [2.05, 4.69) is 33.2 Å². The van der Waals surface area contributed by atoms with Crippen molar-refractivity contribution in [3.63, 3.8) is 0 Å². The largest absolute Gasteiger partial charge is 0.332 e. The van der Waals surface area contributed by atoms with Crippen molar-refractivity contribution < 1.29 is 9.59 Å². The predicted molar refractivity (Wildman–Crippen MR) is 108 cm³/mol. The molecule has 5 nitrogen and oxygen atoms in total. The van der Waals surface area contributed by atoms with Gasteiger partial charge in [0.25, 0.3) is 5.91 Å². The Morgan fingerprint density at radius 1 is 1.12 bits per heavy atom. The highest BCUT2D eigenvalue weighted by Crippen LogP contribution is 2.18. The maximum absolute atomic E-state index is 12.2. The molecule has 0 fully saturated rings. The Balaban J connectivity index is 2.05. The first-order chi connectivity index (χ1) is 11.4. The van der Waals surface area contributed by atoms with Gasteiger partial charge in [-0.3, -0.25) is 14.9 Å². The van der Waals surface area contributed by atoms with E-state index in [1.807, 2.05) is 30.3 Å². The number of nitrogens with one attached hydrogen (secondary N) is 2. The summed E-state index contributed by atoms with van der Waals surface area (Å²) in [5.41, 5.74) is 1.99. The lowest BCUT2D eigenvalue weighted by Gasteiger charge is -2.16. The van der Waals surface area contributed by atoms with E-state index < -0.39 is 0 Å². The summed E-state index contributed by atoms with van der Waals surface area (Å²) in [4.78, 5) is 25.2. The van der Waals surface area contributed by atoms with Crippen molar-refractivity contribution in [1.82, 2.24) is 5.32 Å². The van der Waals surface area contributed by atoms with Crippen LogP contribution in [0.1, 0.15) is 17.3 Å². The first-order valence-electron chi connectivity index (χ1n) is 7.09. The minimum absolute atomic E-state index is 0.0679. The number of hydrogen-bond donors (Lipinski definition) is 2. The van der Waals surface area contributed by atoms with Crippen LogP contribution < -0.4 is 15.5 Å². The van der Waals surface area contributed by atoms with Crippen molar-refractivity contribution in [2.75, 3.05) is 17.3 Å². The van der Waals surface area contributed by atoms with Crippen molar-refractivity contribution >= 4 is 63.1 Å². The molecule has 0 atom stereocenters. The summed E-state index contributed by atoms with van der Waals surface area (Å²) in [7, 11) is 1.69. The van der Waals surface area contributed by atoms with Crippen LogP contribution in [-0.4, -0.2) is 24.0 Å². The second-order valence-corrected chi connectivity index (χ2v) is 6.59. The number of carbonyl (C=O) groups is 2. The molecule has 0 radical (unpaired) electrons. The molecule has 2 aromatic carbocycles. The molecule has 24 heavy (non-hydrogen) atoms. The topological polar surface area (TPSA) is 61.4 Å². The summed E-state index contributed by atoms with van der Waals surface area (Å²) in [5, 5.41) is 5.80. The molecule has 7 heteroatoms. The number of halogens is 1. The van der Waals surface area contributed by atoms with E-state index in [9.17, 15) is 9.59 Å². The molecule has 0 aliphatic rings. The molecule has 0 saturated carbocycles. The van der Waals surface area contributed by atoms with Crippen molar-refractivity contribution in [3.8, 4) is 0 Å². The Labute approximate surface area is 159 Å². The monoisotopic (exact) mass is 453 g/mol. The number of thiocarbonyl (C=S) groups is 1. The lowest BCUT2D eigenvalue weighted by atomic mass is 10.2. The van der Waals surface area contributed by atoms with Crippen LogP contribution in [0.25, 0.3) is 0 Å². The number of amides is 2. The van der Waals surface area contributed by atoms with Gasteiger partial charge in [-0.05, 0) is 65.1 Å². The van der Waals surface area contributed by atoms with Crippen LogP contribution >= 0.6 is 34.8 Å². The molecular formula is C17H16IN3O2S. The van der Waals surface area contributed by atoms with Crippen LogP contribution in [0.5, 0.6) is 0 Å². The van der Waals surface area contributed by atoms with Crippen molar-refractivity contribution in [2.45, 2.75) is 6.92 Å². The Morgan fingerprint density at radius 3 is 2.50 bits per heavy atom. The fourth-order valence-corrected chi connectivity index (χ4v) is 2.80. The molecule has 0 saturated heterocycles. The van der Waals surface area contributed by atoms with Gasteiger partial charge in [-0.1, -0.05) is 18.2 Å². The quantitative estimate of drug-likeness (QED) is 0.553. The van der Waals surface area contributed by atoms with E-state index in [0.717, 1.165) is 9.26 Å². The van der Waals surface area contributed by atoms with Crippen LogP contribution in [0.3, 0.4) is 0 Å². The van der Waals surface area contributed by atoms with E-state index in [1.54, 1.807) is 25.2 Å². The molecule has 0 aromatic heterocycles. The molecular weight excluding hydrogens is 437 g/mol. The Bertz CT molecular complexity index is 795. The highest BCUT2D eigenvalue weighted by molar-refractivity contribution is 14.1. The van der Waals surface area contributed by atoms with Gasteiger partial charge >= 0.3 is 0 Å². The molecule has 0 aliphatic heterocycles. The lowest BCUT2D eigenvalue weighted by Crippen LogP contribution is -2.34. The van der Waals surface area contributed by atoms with Crippen LogP contribution in [-0.2, 0) is 4.79 Å². The molecule has 0 bridgehead atoms. The van der Waals surface area contributed by atoms with E-state index in [1.165, 1.54) is 11.8 Å². The van der Waals surface area contributed by atoms with Crippen LogP contribution in [0.15, 0.2) is 48.5 Å². The van der Waals surface area contributed by atoms with Crippen molar-refractivity contribution in [1.29, 1.82) is 0 Å². The molecule has 0 heterocycles. The number of rotatable bonds is 3. The van der Waals surface area contributed by atoms with Gasteiger partial charge in [0.05, 0.1) is 5.56 Å². The first-order valence-corrected chi connectivity index (χ1v) is 8.58. The molecule has 2 N–H and O–H groups in total. The number of anilines is 2. The van der Waals surface area contributed by atoms with Crippen LogP contribution in [0.4, 0.5) is 11.4 Å². The van der Waals surface area contributed by atoms with Gasteiger partial charge < -0.3 is 10.2 Å². The third-order valence-corrected chi connectivity index (χ3v) is 4.45. The summed E-state index contributed by atoms with van der Waals surface area (Å²) in [5.74, 6) is -0.337. The minimum Gasteiger partial charge on any atom is -0.332 e. The number of hydrogen-bond acceptors (Lipinski definition) is 3. The van der Waals surface area contributed by atoms with Crippen molar-refractivity contribution in [3.05, 3.63) is 57.7 Å². The first kappa shape index (κ1) is 18.3. The van der Waals surface area contributed by atoms with E-state index >= 15 is 0 Å². The van der Waals surface area contributed by atoms with Gasteiger partial charge in [0, 0.05) is 28.9 Å². The summed E-state index contributed by atoms with van der Waals surface area (Å²) in [6, 6.07) is 14.5. The van der Waals surface area contributed by atoms with E-state index in [0.29, 0.717) is 11.3 Å². The molecule has 2 rings (SSSR count). The second kappa shape index (κ2) is 8.20. The van der Waals surface area contributed by atoms with Gasteiger partial charge in [-0.15, -0.1) is 0 Å². The zero-order valence-electron chi connectivity index (χ0n) is 13.2. The minimum atomic E-state index is -0.269. The van der Waals surface area contributed by atoms with Gasteiger partial charge in [0.15, 0.2) is 5.11 Å².